The summed E-state index contributed by atoms with van der Waals surface area (Å²) >= 11 is 0. The summed E-state index contributed by atoms with van der Waals surface area (Å²) in [6.45, 7) is 4.53. The molecule has 1 N–H and O–H groups in total. The highest BCUT2D eigenvalue weighted by atomic mass is 16.6. The lowest BCUT2D eigenvalue weighted by Gasteiger charge is -2.31. The Morgan fingerprint density at radius 2 is 0.984 bits per heavy atom. The molecule has 0 fully saturated rings. The molecule has 0 radical (unpaired) electrons. The Labute approximate surface area is 373 Å². The summed E-state index contributed by atoms with van der Waals surface area (Å²) in [5.41, 5.74) is 0. The molecule has 0 aromatic rings. The van der Waals surface area contributed by atoms with Crippen molar-refractivity contribution in [2.45, 2.75) is 180 Å². The molecule has 0 aliphatic rings. The molecule has 346 valence electrons. The highest BCUT2D eigenvalue weighted by Gasteiger charge is 2.31. The van der Waals surface area contributed by atoms with Gasteiger partial charge in [0.2, 0.25) is 0 Å². The third kappa shape index (κ3) is 41.4. The molecule has 0 rings (SSSR count). The van der Waals surface area contributed by atoms with Crippen LogP contribution < -0.4 is 0 Å². The first kappa shape index (κ1) is 57.2. The van der Waals surface area contributed by atoms with Crippen molar-refractivity contribution >= 4 is 17.9 Å². The zero-order valence-electron chi connectivity index (χ0n) is 39.3. The van der Waals surface area contributed by atoms with Crippen molar-refractivity contribution in [3.8, 4) is 0 Å². The minimum Gasteiger partial charge on any atom is -0.477 e. The van der Waals surface area contributed by atoms with Crippen LogP contribution in [-0.4, -0.2) is 80.6 Å². The Morgan fingerprint density at radius 3 is 1.51 bits per heavy atom. The normalized spacial score (nSPS) is 13.8. The van der Waals surface area contributed by atoms with Crippen LogP contribution in [0.3, 0.4) is 0 Å². The number of likely N-dealkylation sites (N-methyl/N-ethyl adjacent to an activating group) is 1. The van der Waals surface area contributed by atoms with Gasteiger partial charge in [-0.2, -0.15) is 0 Å². The maximum Gasteiger partial charge on any atom is 0.362 e. The van der Waals surface area contributed by atoms with Crippen LogP contribution in [0, 0.1) is 0 Å². The number of hydrogen-bond acceptors (Lipinski definition) is 6. The number of allylic oxidation sites excluding steroid dienone is 16. The number of carboxylic acids is 1. The molecule has 0 heterocycles. The van der Waals surface area contributed by atoms with Gasteiger partial charge in [-0.1, -0.05) is 162 Å². The number of carboxylic acid groups (broad SMARTS) is 1. The van der Waals surface area contributed by atoms with Crippen molar-refractivity contribution in [1.29, 1.82) is 0 Å². The van der Waals surface area contributed by atoms with Crippen LogP contribution in [0.15, 0.2) is 97.2 Å². The second-order valence-electron chi connectivity index (χ2n) is 16.7. The SMILES string of the molecule is CC/C=C/C/C=C/C/C=C/C/C=C/C/C=C/CCCCCC(=O)OC(COCCC(C(=O)O)[N+](C)(C)C)COC(=O)CCCCCCC/C=C/C=C/C=C/CCCCCCC. The predicted molar refractivity (Wildman–Crippen MR) is 256 cm³/mol. The summed E-state index contributed by atoms with van der Waals surface area (Å²) < 4.78 is 17.3. The van der Waals surface area contributed by atoms with Crippen LogP contribution in [0.2, 0.25) is 0 Å². The molecule has 61 heavy (non-hydrogen) atoms. The minimum absolute atomic E-state index is 0.0344. The molecule has 0 aliphatic heterocycles. The molecule has 0 bridgehead atoms. The van der Waals surface area contributed by atoms with Gasteiger partial charge in [0.25, 0.3) is 0 Å². The van der Waals surface area contributed by atoms with E-state index in [9.17, 15) is 19.5 Å². The Balaban J connectivity index is 4.44. The van der Waals surface area contributed by atoms with Gasteiger partial charge in [0.1, 0.15) is 6.61 Å². The second kappa shape index (κ2) is 42.9. The van der Waals surface area contributed by atoms with Gasteiger partial charge in [0.05, 0.1) is 34.4 Å². The molecular formula is C53H88NO7+. The van der Waals surface area contributed by atoms with E-state index in [1.165, 1.54) is 32.1 Å². The molecule has 0 saturated carbocycles. The van der Waals surface area contributed by atoms with E-state index in [2.05, 4.69) is 111 Å². The average Bonchev–Trinajstić information content (AvgIpc) is 3.22. The first-order valence-electron chi connectivity index (χ1n) is 23.8. The molecule has 2 unspecified atom stereocenters. The third-order valence-electron chi connectivity index (χ3n) is 10.0. The first-order chi connectivity index (χ1) is 29.6. The lowest BCUT2D eigenvalue weighted by atomic mass is 10.1. The highest BCUT2D eigenvalue weighted by Crippen LogP contribution is 2.12. The Hall–Kier alpha value is -3.75. The van der Waals surface area contributed by atoms with E-state index in [0.29, 0.717) is 19.3 Å². The van der Waals surface area contributed by atoms with Gasteiger partial charge < -0.3 is 23.8 Å². The van der Waals surface area contributed by atoms with Gasteiger partial charge in [-0.3, -0.25) is 9.59 Å². The quantitative estimate of drug-likeness (QED) is 0.0215. The number of ether oxygens (including phenoxy) is 3. The van der Waals surface area contributed by atoms with Crippen LogP contribution in [-0.2, 0) is 28.6 Å². The molecule has 8 heteroatoms. The maximum absolute atomic E-state index is 12.8. The molecule has 0 aromatic heterocycles. The van der Waals surface area contributed by atoms with Crippen LogP contribution in [0.25, 0.3) is 0 Å². The van der Waals surface area contributed by atoms with Crippen molar-refractivity contribution in [2.24, 2.45) is 0 Å². The lowest BCUT2D eigenvalue weighted by Crippen LogP contribution is -2.50. The maximum atomic E-state index is 12.8. The van der Waals surface area contributed by atoms with Gasteiger partial charge in [-0.25, -0.2) is 4.79 Å². The summed E-state index contributed by atoms with van der Waals surface area (Å²) in [6, 6.07) is -0.630. The van der Waals surface area contributed by atoms with E-state index in [1.54, 1.807) is 0 Å². The summed E-state index contributed by atoms with van der Waals surface area (Å²) in [5.74, 6) is -1.55. The zero-order chi connectivity index (χ0) is 44.9. The fraction of sp³-hybridized carbons (Fsp3) is 0.642. The monoisotopic (exact) mass is 851 g/mol. The van der Waals surface area contributed by atoms with Gasteiger partial charge in [0.15, 0.2) is 12.1 Å². The molecule has 0 spiro atoms. The van der Waals surface area contributed by atoms with Gasteiger partial charge in [-0.15, -0.1) is 0 Å². The summed E-state index contributed by atoms with van der Waals surface area (Å²) in [4.78, 5) is 37.1. The number of rotatable bonds is 41. The van der Waals surface area contributed by atoms with E-state index in [1.807, 2.05) is 21.1 Å². The molecule has 0 saturated heterocycles. The molecule has 8 nitrogen and oxygen atoms in total. The molecular weight excluding hydrogens is 763 g/mol. The molecule has 2 atom stereocenters. The molecule has 0 aliphatic carbocycles. The Kier molecular flexibility index (Phi) is 40.3. The van der Waals surface area contributed by atoms with Crippen LogP contribution in [0.1, 0.15) is 168 Å². The van der Waals surface area contributed by atoms with Crippen LogP contribution in [0.5, 0.6) is 0 Å². The fourth-order valence-electron chi connectivity index (χ4n) is 6.35. The third-order valence-corrected chi connectivity index (χ3v) is 10.0. The number of carbonyl (C=O) groups excluding carboxylic acids is 2. The van der Waals surface area contributed by atoms with E-state index >= 15 is 0 Å². The largest absolute Gasteiger partial charge is 0.477 e. The van der Waals surface area contributed by atoms with Crippen LogP contribution in [0.4, 0.5) is 0 Å². The van der Waals surface area contributed by atoms with Gasteiger partial charge in [-0.05, 0) is 83.5 Å². The van der Waals surface area contributed by atoms with E-state index in [0.717, 1.165) is 96.3 Å². The number of unbranched alkanes of at least 4 members (excludes halogenated alkanes) is 13. The number of aliphatic carboxylic acids is 1. The van der Waals surface area contributed by atoms with E-state index in [4.69, 9.17) is 14.2 Å². The number of nitrogens with zero attached hydrogens (tertiary/aromatic N) is 1. The van der Waals surface area contributed by atoms with Crippen molar-refractivity contribution in [2.75, 3.05) is 41.0 Å². The van der Waals surface area contributed by atoms with Crippen molar-refractivity contribution < 1.29 is 38.2 Å². The predicted octanol–water partition coefficient (Wildman–Crippen LogP) is 13.5. The number of hydrogen-bond donors (Lipinski definition) is 1. The summed E-state index contributed by atoms with van der Waals surface area (Å²) in [7, 11) is 5.50. The van der Waals surface area contributed by atoms with E-state index < -0.39 is 18.1 Å². The molecule has 0 amide bonds. The first-order valence-corrected chi connectivity index (χ1v) is 23.8. The molecule has 0 aromatic carbocycles. The van der Waals surface area contributed by atoms with Crippen molar-refractivity contribution in [1.82, 2.24) is 0 Å². The average molecular weight is 851 g/mol. The lowest BCUT2D eigenvalue weighted by molar-refractivity contribution is -0.887. The Morgan fingerprint density at radius 1 is 0.525 bits per heavy atom. The standard InChI is InChI=1S/C53H87NO7/c1-6-8-10-12-14-16-18-20-22-24-26-28-30-32-34-36-38-40-42-44-52(56)61-49(47-59-46-45-50(53(57)58)54(3,4)5)48-60-51(55)43-41-39-37-35-33-31-29-27-25-23-21-19-17-15-13-11-9-7-2/h8,10,14,16,19-23,25-29,32,34,49-50H,6-7,9,11-13,15,17-18,24,30-31,33,35-48H2,1-5H3/p+1/b10-8+,16-14+,21-19+,22-20+,25-23+,28-26+,29-27+,34-32+. The number of esters is 2. The smallest absolute Gasteiger partial charge is 0.362 e. The van der Waals surface area contributed by atoms with Crippen molar-refractivity contribution in [3.63, 3.8) is 0 Å². The second-order valence-corrected chi connectivity index (χ2v) is 16.7. The number of quaternary nitrogens is 1. The topological polar surface area (TPSA) is 99.1 Å². The summed E-state index contributed by atoms with van der Waals surface area (Å²) in [5, 5.41) is 9.64. The van der Waals surface area contributed by atoms with Gasteiger partial charge >= 0.3 is 17.9 Å². The minimum atomic E-state index is -0.888. The van der Waals surface area contributed by atoms with E-state index in [-0.39, 0.29) is 42.7 Å². The number of carbonyl (C=O) groups is 3. The summed E-state index contributed by atoms with van der Waals surface area (Å²) in [6.07, 6.45) is 57.3. The fourth-order valence-corrected chi connectivity index (χ4v) is 6.35. The van der Waals surface area contributed by atoms with Crippen LogP contribution >= 0.6 is 0 Å². The van der Waals surface area contributed by atoms with Gasteiger partial charge in [0, 0.05) is 19.3 Å². The zero-order valence-corrected chi connectivity index (χ0v) is 39.3. The van der Waals surface area contributed by atoms with Crippen molar-refractivity contribution in [3.05, 3.63) is 97.2 Å². The highest BCUT2D eigenvalue weighted by molar-refractivity contribution is 5.72. The Bertz CT molecular complexity index is 1310.